The summed E-state index contributed by atoms with van der Waals surface area (Å²) in [5.74, 6) is 0. The number of pyridine rings is 1. The van der Waals surface area contributed by atoms with Gasteiger partial charge >= 0.3 is 7.12 Å². The molecular formula is C9H12BFN2O2. The Morgan fingerprint density at radius 2 is 2.27 bits per heavy atom. The van der Waals surface area contributed by atoms with Crippen LogP contribution in [0.1, 0.15) is 5.56 Å². The second kappa shape index (κ2) is 4.26. The molecule has 6 heteroatoms. The van der Waals surface area contributed by atoms with Gasteiger partial charge in [0, 0.05) is 25.8 Å². The number of aromatic nitrogens is 1. The van der Waals surface area contributed by atoms with Gasteiger partial charge in [-0.1, -0.05) is 6.07 Å². The number of halogens is 1. The highest BCUT2D eigenvalue weighted by atomic mass is 19.1. The van der Waals surface area contributed by atoms with Gasteiger partial charge in [-0.25, -0.2) is 4.39 Å². The first kappa shape index (κ1) is 10.5. The molecule has 1 aliphatic rings. The predicted molar refractivity (Wildman–Crippen MR) is 54.2 cm³/mol. The van der Waals surface area contributed by atoms with Crippen LogP contribution in [0.3, 0.4) is 0 Å². The fraction of sp³-hybridized carbons (Fsp3) is 0.444. The molecule has 0 radical (unpaired) electrons. The maximum Gasteiger partial charge on any atom is 0.508 e. The normalized spacial score (nSPS) is 17.5. The molecule has 1 fully saturated rings. The molecule has 4 nitrogen and oxygen atoms in total. The van der Waals surface area contributed by atoms with Crippen molar-refractivity contribution in [2.75, 3.05) is 13.1 Å². The van der Waals surface area contributed by atoms with Crippen molar-refractivity contribution in [3.05, 3.63) is 23.9 Å². The molecule has 2 rings (SSSR count). The minimum Gasteiger partial charge on any atom is -0.422 e. The highest BCUT2D eigenvalue weighted by molar-refractivity contribution is 6.58. The van der Waals surface area contributed by atoms with Crippen LogP contribution in [0, 0.1) is 0 Å². The second-order valence-electron chi connectivity index (χ2n) is 3.71. The van der Waals surface area contributed by atoms with Gasteiger partial charge in [0.25, 0.3) is 0 Å². The van der Waals surface area contributed by atoms with Gasteiger partial charge in [0.05, 0.1) is 5.59 Å². The van der Waals surface area contributed by atoms with Gasteiger partial charge in [0.15, 0.2) is 0 Å². The molecule has 0 aliphatic carbocycles. The zero-order valence-corrected chi connectivity index (χ0v) is 8.17. The molecule has 0 atom stereocenters. The summed E-state index contributed by atoms with van der Waals surface area (Å²) in [6, 6.07) is 3.50. The highest BCUT2D eigenvalue weighted by Crippen LogP contribution is 2.14. The van der Waals surface area contributed by atoms with Crippen LogP contribution in [0.5, 0.6) is 0 Å². The third kappa shape index (κ3) is 2.34. The Morgan fingerprint density at radius 3 is 2.87 bits per heavy atom. The number of nitrogens with zero attached hydrogens (tertiary/aromatic N) is 2. The molecule has 1 aromatic heterocycles. The molecular weight excluding hydrogens is 198 g/mol. The first-order valence-electron chi connectivity index (χ1n) is 4.83. The molecule has 80 valence electrons. The minimum absolute atomic E-state index is 0.250. The smallest absolute Gasteiger partial charge is 0.422 e. The van der Waals surface area contributed by atoms with Crippen molar-refractivity contribution in [3.8, 4) is 0 Å². The molecule has 0 spiro atoms. The average Bonchev–Trinajstić information content (AvgIpc) is 2.16. The van der Waals surface area contributed by atoms with Crippen LogP contribution < -0.4 is 5.59 Å². The molecule has 1 saturated heterocycles. The van der Waals surface area contributed by atoms with E-state index in [0.717, 1.165) is 5.56 Å². The van der Waals surface area contributed by atoms with Crippen LogP contribution in [-0.4, -0.2) is 46.3 Å². The molecule has 0 saturated carbocycles. The molecule has 0 amide bonds. The van der Waals surface area contributed by atoms with Crippen molar-refractivity contribution in [1.82, 2.24) is 9.88 Å². The maximum atomic E-state index is 12.6. The Morgan fingerprint density at radius 1 is 1.53 bits per heavy atom. The highest BCUT2D eigenvalue weighted by Gasteiger charge is 2.27. The van der Waals surface area contributed by atoms with E-state index in [1.165, 1.54) is 6.20 Å². The SMILES string of the molecule is OB(O)c1ncccc1CN1CC(F)C1. The summed E-state index contributed by atoms with van der Waals surface area (Å²) in [6.07, 6.45) is 0.760. The van der Waals surface area contributed by atoms with E-state index in [9.17, 15) is 4.39 Å². The number of rotatable bonds is 3. The Balaban J connectivity index is 2.07. The van der Waals surface area contributed by atoms with Crippen molar-refractivity contribution in [3.63, 3.8) is 0 Å². The summed E-state index contributed by atoms with van der Waals surface area (Å²) in [5, 5.41) is 18.1. The fourth-order valence-electron chi connectivity index (χ4n) is 1.69. The number of alkyl halides is 1. The standard InChI is InChI=1S/C9H12BFN2O2/c11-8-5-13(6-8)4-7-2-1-3-12-9(7)10(14)15/h1-3,8,14-15H,4-6H2. The molecule has 2 heterocycles. The summed E-state index contributed by atoms with van der Waals surface area (Å²) in [6.45, 7) is 1.34. The first-order chi connectivity index (χ1) is 7.16. The van der Waals surface area contributed by atoms with Gasteiger partial charge in [0.2, 0.25) is 0 Å². The van der Waals surface area contributed by atoms with Crippen LogP contribution in [0.4, 0.5) is 4.39 Å². The lowest BCUT2D eigenvalue weighted by Gasteiger charge is -2.34. The third-order valence-electron chi connectivity index (χ3n) is 2.48. The Hall–Kier alpha value is -0.975. The van der Waals surface area contributed by atoms with Crippen molar-refractivity contribution < 1.29 is 14.4 Å². The topological polar surface area (TPSA) is 56.6 Å². The fourth-order valence-corrected chi connectivity index (χ4v) is 1.69. The van der Waals surface area contributed by atoms with Crippen LogP contribution in [0.25, 0.3) is 0 Å². The summed E-state index contributed by atoms with van der Waals surface area (Å²) in [4.78, 5) is 5.78. The first-order valence-corrected chi connectivity index (χ1v) is 4.83. The lowest BCUT2D eigenvalue weighted by Crippen LogP contribution is -2.49. The quantitative estimate of drug-likeness (QED) is 0.622. The van der Waals surface area contributed by atoms with E-state index in [0.29, 0.717) is 19.6 Å². The summed E-state index contributed by atoms with van der Waals surface area (Å²) >= 11 is 0. The van der Waals surface area contributed by atoms with E-state index >= 15 is 0 Å². The monoisotopic (exact) mass is 210 g/mol. The summed E-state index contributed by atoms with van der Waals surface area (Å²) in [7, 11) is -1.57. The zero-order valence-electron chi connectivity index (χ0n) is 8.17. The predicted octanol–water partition coefficient (Wildman–Crippen LogP) is -1.08. The average molecular weight is 210 g/mol. The van der Waals surface area contributed by atoms with Gasteiger partial charge in [0.1, 0.15) is 6.17 Å². The van der Waals surface area contributed by atoms with Crippen LogP contribution in [-0.2, 0) is 6.54 Å². The Labute approximate surface area is 87.5 Å². The summed E-state index contributed by atoms with van der Waals surface area (Å²) in [5.41, 5.74) is 0.985. The number of hydrogen-bond acceptors (Lipinski definition) is 4. The van der Waals surface area contributed by atoms with Crippen molar-refractivity contribution in [1.29, 1.82) is 0 Å². The van der Waals surface area contributed by atoms with Crippen LogP contribution >= 0.6 is 0 Å². The third-order valence-corrected chi connectivity index (χ3v) is 2.48. The maximum absolute atomic E-state index is 12.6. The van der Waals surface area contributed by atoms with Gasteiger partial charge in [-0.3, -0.25) is 9.88 Å². The second-order valence-corrected chi connectivity index (χ2v) is 3.71. The zero-order chi connectivity index (χ0) is 10.8. The lowest BCUT2D eigenvalue weighted by molar-refractivity contribution is 0.0592. The summed E-state index contributed by atoms with van der Waals surface area (Å²) < 4.78 is 12.6. The molecule has 2 N–H and O–H groups in total. The van der Waals surface area contributed by atoms with Crippen molar-refractivity contribution in [2.24, 2.45) is 0 Å². The van der Waals surface area contributed by atoms with E-state index < -0.39 is 13.3 Å². The van der Waals surface area contributed by atoms with Gasteiger partial charge in [-0.05, 0) is 11.6 Å². The number of likely N-dealkylation sites (tertiary alicyclic amines) is 1. The molecule has 0 bridgehead atoms. The van der Waals surface area contributed by atoms with Crippen molar-refractivity contribution in [2.45, 2.75) is 12.7 Å². The van der Waals surface area contributed by atoms with E-state index in [1.807, 2.05) is 4.90 Å². The van der Waals surface area contributed by atoms with Gasteiger partial charge < -0.3 is 10.0 Å². The Bertz CT molecular complexity index is 345. The van der Waals surface area contributed by atoms with E-state index in [1.54, 1.807) is 12.1 Å². The number of hydrogen-bond donors (Lipinski definition) is 2. The minimum atomic E-state index is -1.57. The van der Waals surface area contributed by atoms with Gasteiger partial charge in [-0.2, -0.15) is 0 Å². The van der Waals surface area contributed by atoms with Crippen LogP contribution in [0.15, 0.2) is 18.3 Å². The lowest BCUT2D eigenvalue weighted by atomic mass is 9.82. The van der Waals surface area contributed by atoms with Crippen LogP contribution in [0.2, 0.25) is 0 Å². The van der Waals surface area contributed by atoms with E-state index in [2.05, 4.69) is 4.98 Å². The molecule has 1 aliphatic heterocycles. The van der Waals surface area contributed by atoms with Crippen molar-refractivity contribution >= 4 is 12.7 Å². The molecule has 0 aromatic carbocycles. The van der Waals surface area contributed by atoms with E-state index in [-0.39, 0.29) is 5.59 Å². The van der Waals surface area contributed by atoms with E-state index in [4.69, 9.17) is 10.0 Å². The molecule has 15 heavy (non-hydrogen) atoms. The Kier molecular flexibility index (Phi) is 2.99. The molecule has 1 aromatic rings. The molecule has 0 unspecified atom stereocenters. The van der Waals surface area contributed by atoms with Gasteiger partial charge in [-0.15, -0.1) is 0 Å². The largest absolute Gasteiger partial charge is 0.508 e.